The Kier molecular flexibility index (Phi) is 5.32. The molecule has 5 nitrogen and oxygen atoms in total. The maximum atomic E-state index is 12.1. The summed E-state index contributed by atoms with van der Waals surface area (Å²) in [4.78, 5) is 23.2. The Morgan fingerprint density at radius 3 is 2.75 bits per heavy atom. The van der Waals surface area contributed by atoms with Gasteiger partial charge in [0, 0.05) is 25.3 Å². The molecule has 1 N–H and O–H groups in total. The lowest BCUT2D eigenvalue weighted by Crippen LogP contribution is -2.32. The number of aryl methyl sites for hydroxylation is 1. The van der Waals surface area contributed by atoms with Crippen molar-refractivity contribution >= 4 is 11.9 Å². The zero-order valence-corrected chi connectivity index (χ0v) is 12.5. The number of hydrogen-bond acceptors (Lipinski definition) is 4. The van der Waals surface area contributed by atoms with Gasteiger partial charge in [0.25, 0.3) is 5.91 Å². The predicted molar refractivity (Wildman–Crippen MR) is 80.1 cm³/mol. The van der Waals surface area contributed by atoms with Crippen molar-refractivity contribution in [3.8, 4) is 0 Å². The van der Waals surface area contributed by atoms with Crippen molar-refractivity contribution in [2.45, 2.75) is 46.0 Å². The van der Waals surface area contributed by atoms with Crippen LogP contribution in [0.25, 0.3) is 0 Å². The molecule has 110 valence electrons. The van der Waals surface area contributed by atoms with E-state index in [-0.39, 0.29) is 5.91 Å². The van der Waals surface area contributed by atoms with Crippen molar-refractivity contribution in [2.24, 2.45) is 0 Å². The van der Waals surface area contributed by atoms with Crippen LogP contribution in [0.5, 0.6) is 0 Å². The number of carbonyl (C=O) groups excluding carboxylic acids is 1. The summed E-state index contributed by atoms with van der Waals surface area (Å²) >= 11 is 0. The quantitative estimate of drug-likeness (QED) is 0.838. The van der Waals surface area contributed by atoms with Gasteiger partial charge in [-0.05, 0) is 38.7 Å². The molecule has 0 atom stereocenters. The molecule has 1 aliphatic heterocycles. The number of nitrogens with one attached hydrogen (secondary N) is 1. The lowest BCUT2D eigenvalue weighted by molar-refractivity contribution is 0.0948. The molecule has 1 amide bonds. The van der Waals surface area contributed by atoms with Crippen molar-refractivity contribution in [3.63, 3.8) is 0 Å². The Morgan fingerprint density at radius 1 is 1.30 bits per heavy atom. The monoisotopic (exact) mass is 276 g/mol. The summed E-state index contributed by atoms with van der Waals surface area (Å²) in [5, 5.41) is 2.91. The summed E-state index contributed by atoms with van der Waals surface area (Å²) in [5.41, 5.74) is 1.33. The highest BCUT2D eigenvalue weighted by molar-refractivity contribution is 5.92. The summed E-state index contributed by atoms with van der Waals surface area (Å²) in [6.45, 7) is 6.70. The van der Waals surface area contributed by atoms with E-state index in [1.54, 1.807) is 6.07 Å². The first-order chi connectivity index (χ1) is 9.70. The number of rotatable bonds is 5. The van der Waals surface area contributed by atoms with Gasteiger partial charge in [-0.3, -0.25) is 4.79 Å². The Morgan fingerprint density at radius 2 is 2.05 bits per heavy atom. The number of carbonyl (C=O) groups is 1. The molecule has 1 aromatic rings. The van der Waals surface area contributed by atoms with E-state index in [0.717, 1.165) is 31.6 Å². The average Bonchev–Trinajstić information content (AvgIpc) is 2.47. The van der Waals surface area contributed by atoms with E-state index in [2.05, 4.69) is 27.1 Å². The second-order valence-electron chi connectivity index (χ2n) is 5.35. The van der Waals surface area contributed by atoms with Gasteiger partial charge in [0.05, 0.1) is 0 Å². The van der Waals surface area contributed by atoms with Gasteiger partial charge in [0.2, 0.25) is 5.95 Å². The maximum Gasteiger partial charge on any atom is 0.270 e. The molecule has 20 heavy (non-hydrogen) atoms. The minimum absolute atomic E-state index is 0.0952. The first-order valence-electron chi connectivity index (χ1n) is 7.59. The molecule has 0 unspecified atom stereocenters. The molecule has 0 spiro atoms. The van der Waals surface area contributed by atoms with Gasteiger partial charge in [0.15, 0.2) is 0 Å². The van der Waals surface area contributed by atoms with E-state index in [1.165, 1.54) is 19.3 Å². The van der Waals surface area contributed by atoms with E-state index in [0.29, 0.717) is 18.2 Å². The molecule has 0 aliphatic carbocycles. The average molecular weight is 276 g/mol. The summed E-state index contributed by atoms with van der Waals surface area (Å²) in [6, 6.07) is 1.76. The second kappa shape index (κ2) is 7.22. The number of unbranched alkanes of at least 4 members (excludes halogenated alkanes) is 1. The summed E-state index contributed by atoms with van der Waals surface area (Å²) in [7, 11) is 0. The molecular weight excluding hydrogens is 252 g/mol. The molecule has 0 radical (unpaired) electrons. The minimum atomic E-state index is -0.0952. The van der Waals surface area contributed by atoms with Crippen LogP contribution in [0.2, 0.25) is 0 Å². The molecular formula is C15H24N4O. The van der Waals surface area contributed by atoms with E-state index in [4.69, 9.17) is 0 Å². The van der Waals surface area contributed by atoms with Crippen LogP contribution < -0.4 is 10.2 Å². The Hall–Kier alpha value is -1.65. The van der Waals surface area contributed by atoms with Crippen molar-refractivity contribution in [1.82, 2.24) is 15.3 Å². The van der Waals surface area contributed by atoms with Crippen LogP contribution in [0, 0.1) is 6.92 Å². The van der Waals surface area contributed by atoms with Crippen LogP contribution >= 0.6 is 0 Å². The van der Waals surface area contributed by atoms with E-state index in [1.807, 2.05) is 6.92 Å². The molecule has 1 saturated heterocycles. The van der Waals surface area contributed by atoms with Crippen LogP contribution in [0.4, 0.5) is 5.95 Å². The topological polar surface area (TPSA) is 58.1 Å². The molecule has 1 aromatic heterocycles. The third kappa shape index (κ3) is 3.92. The number of hydrogen-bond donors (Lipinski definition) is 1. The smallest absolute Gasteiger partial charge is 0.270 e. The lowest BCUT2D eigenvalue weighted by Gasteiger charge is -2.27. The second-order valence-corrected chi connectivity index (χ2v) is 5.35. The van der Waals surface area contributed by atoms with Crippen molar-refractivity contribution < 1.29 is 4.79 Å². The van der Waals surface area contributed by atoms with Gasteiger partial charge >= 0.3 is 0 Å². The van der Waals surface area contributed by atoms with Crippen molar-refractivity contribution in [3.05, 3.63) is 17.5 Å². The van der Waals surface area contributed by atoms with Crippen LogP contribution in [0.15, 0.2) is 6.07 Å². The highest BCUT2D eigenvalue weighted by atomic mass is 16.1. The van der Waals surface area contributed by atoms with Gasteiger partial charge in [-0.1, -0.05) is 13.3 Å². The van der Waals surface area contributed by atoms with Gasteiger partial charge in [-0.15, -0.1) is 0 Å². The fourth-order valence-electron chi connectivity index (χ4n) is 2.37. The first kappa shape index (κ1) is 14.8. The minimum Gasteiger partial charge on any atom is -0.351 e. The highest BCUT2D eigenvalue weighted by Gasteiger charge is 2.16. The molecule has 0 bridgehead atoms. The summed E-state index contributed by atoms with van der Waals surface area (Å²) in [6.07, 6.45) is 5.69. The fourth-order valence-corrected chi connectivity index (χ4v) is 2.37. The molecule has 1 aliphatic rings. The third-order valence-electron chi connectivity index (χ3n) is 3.53. The van der Waals surface area contributed by atoms with Gasteiger partial charge in [-0.2, -0.15) is 0 Å². The zero-order chi connectivity index (χ0) is 14.4. The number of aromatic nitrogens is 2. The standard InChI is InChI=1S/C15H24N4O/c1-3-4-8-16-14(20)13-11-12(2)17-15(18-13)19-9-6-5-7-10-19/h11H,3-10H2,1-2H3,(H,16,20). The van der Waals surface area contributed by atoms with Gasteiger partial charge in [-0.25, -0.2) is 9.97 Å². The predicted octanol–water partition coefficient (Wildman–Crippen LogP) is 2.31. The van der Waals surface area contributed by atoms with E-state index < -0.39 is 0 Å². The SMILES string of the molecule is CCCCNC(=O)c1cc(C)nc(N2CCCCC2)n1. The van der Waals surface area contributed by atoms with Gasteiger partial charge < -0.3 is 10.2 Å². The van der Waals surface area contributed by atoms with E-state index in [9.17, 15) is 4.79 Å². The normalized spacial score (nSPS) is 15.2. The van der Waals surface area contributed by atoms with Crippen molar-refractivity contribution in [1.29, 1.82) is 0 Å². The highest BCUT2D eigenvalue weighted by Crippen LogP contribution is 2.16. The molecule has 1 fully saturated rings. The van der Waals surface area contributed by atoms with Crippen LogP contribution in [0.1, 0.15) is 55.2 Å². The largest absolute Gasteiger partial charge is 0.351 e. The molecule has 5 heteroatoms. The number of nitrogens with zero attached hydrogens (tertiary/aromatic N) is 3. The maximum absolute atomic E-state index is 12.1. The number of amides is 1. The summed E-state index contributed by atoms with van der Waals surface area (Å²) in [5.74, 6) is 0.604. The van der Waals surface area contributed by atoms with Crippen LogP contribution in [-0.2, 0) is 0 Å². The fraction of sp³-hybridized carbons (Fsp3) is 0.667. The van der Waals surface area contributed by atoms with Gasteiger partial charge in [0.1, 0.15) is 5.69 Å². The Balaban J connectivity index is 2.09. The number of piperidine rings is 1. The van der Waals surface area contributed by atoms with E-state index >= 15 is 0 Å². The number of anilines is 1. The van der Waals surface area contributed by atoms with Crippen molar-refractivity contribution in [2.75, 3.05) is 24.5 Å². The molecule has 2 heterocycles. The first-order valence-corrected chi connectivity index (χ1v) is 7.59. The van der Waals surface area contributed by atoms with Crippen LogP contribution in [-0.4, -0.2) is 35.5 Å². The molecule has 2 rings (SSSR count). The van der Waals surface area contributed by atoms with Crippen LogP contribution in [0.3, 0.4) is 0 Å². The molecule has 0 aromatic carbocycles. The Labute approximate surface area is 120 Å². The molecule has 0 saturated carbocycles. The third-order valence-corrected chi connectivity index (χ3v) is 3.53. The lowest BCUT2D eigenvalue weighted by atomic mass is 10.1. The summed E-state index contributed by atoms with van der Waals surface area (Å²) < 4.78 is 0. The zero-order valence-electron chi connectivity index (χ0n) is 12.5. The Bertz CT molecular complexity index is 455.